The van der Waals surface area contributed by atoms with Gasteiger partial charge in [-0.1, -0.05) is 13.8 Å². The molecule has 1 fully saturated rings. The van der Waals surface area contributed by atoms with Crippen LogP contribution in [0, 0.1) is 11.3 Å². The summed E-state index contributed by atoms with van der Waals surface area (Å²) in [6, 6.07) is 0. The Labute approximate surface area is 116 Å². The fourth-order valence-electron chi connectivity index (χ4n) is 3.89. The number of fused-ring (bicyclic) bond motifs is 1. The molecule has 2 rings (SSSR count). The monoisotopic (exact) mass is 266 g/mol. The van der Waals surface area contributed by atoms with Crippen molar-refractivity contribution in [2.75, 3.05) is 6.61 Å². The Morgan fingerprint density at radius 1 is 1.37 bits per heavy atom. The van der Waals surface area contributed by atoms with E-state index in [9.17, 15) is 4.79 Å². The van der Waals surface area contributed by atoms with Gasteiger partial charge >= 0.3 is 5.97 Å². The largest absolute Gasteiger partial charge is 0.491 e. The maximum atomic E-state index is 12.0. The van der Waals surface area contributed by atoms with Crippen molar-refractivity contribution >= 4 is 5.97 Å². The number of allylic oxidation sites excluding steroid dienone is 1. The fourth-order valence-corrected chi connectivity index (χ4v) is 3.89. The van der Waals surface area contributed by atoms with E-state index in [4.69, 9.17) is 9.47 Å². The smallest absolute Gasteiger partial charge is 0.337 e. The first-order chi connectivity index (χ1) is 8.80. The summed E-state index contributed by atoms with van der Waals surface area (Å²) in [6.07, 6.45) is 4.26. The minimum atomic E-state index is -0.205. The van der Waals surface area contributed by atoms with Gasteiger partial charge in [-0.05, 0) is 51.9 Å². The van der Waals surface area contributed by atoms with Crippen molar-refractivity contribution in [2.24, 2.45) is 11.3 Å². The topological polar surface area (TPSA) is 35.5 Å². The summed E-state index contributed by atoms with van der Waals surface area (Å²) in [7, 11) is 0. The summed E-state index contributed by atoms with van der Waals surface area (Å²) in [5.74, 6) is 0.940. The predicted octanol–water partition coefficient (Wildman–Crippen LogP) is 3.83. The van der Waals surface area contributed by atoms with E-state index < -0.39 is 0 Å². The highest BCUT2D eigenvalue weighted by atomic mass is 16.5. The van der Waals surface area contributed by atoms with Crippen LogP contribution in [0.2, 0.25) is 0 Å². The van der Waals surface area contributed by atoms with Crippen molar-refractivity contribution in [3.05, 3.63) is 11.3 Å². The first-order valence-corrected chi connectivity index (χ1v) is 7.36. The lowest BCUT2D eigenvalue weighted by molar-refractivity contribution is -0.146. The quantitative estimate of drug-likeness (QED) is 0.713. The molecule has 1 saturated carbocycles. The Morgan fingerprint density at radius 2 is 2.05 bits per heavy atom. The normalized spacial score (nSPS) is 33.4. The highest BCUT2D eigenvalue weighted by molar-refractivity contribution is 5.89. The molecular weight excluding hydrogens is 240 g/mol. The van der Waals surface area contributed by atoms with Gasteiger partial charge in [0.05, 0.1) is 12.2 Å². The van der Waals surface area contributed by atoms with Crippen LogP contribution in [-0.2, 0) is 14.3 Å². The first-order valence-electron chi connectivity index (χ1n) is 7.36. The van der Waals surface area contributed by atoms with Gasteiger partial charge in [0.2, 0.25) is 0 Å². The molecule has 1 aliphatic carbocycles. The molecule has 0 amide bonds. The molecule has 2 atom stereocenters. The van der Waals surface area contributed by atoms with Gasteiger partial charge < -0.3 is 9.47 Å². The molecule has 0 radical (unpaired) electrons. The molecule has 108 valence electrons. The second-order valence-corrected chi connectivity index (χ2v) is 6.77. The molecule has 0 aromatic carbocycles. The summed E-state index contributed by atoms with van der Waals surface area (Å²) in [4.78, 5) is 12.0. The van der Waals surface area contributed by atoms with Gasteiger partial charge in [-0.25, -0.2) is 4.79 Å². The standard InChI is InChI=1S/C16H26O3/c1-6-18-14(17)12-10-13-15(3,4)8-7-9-16(13,5)19-11(12)2/h13H,6-10H2,1-5H3/t13-,16-/m1/s1. The molecule has 0 bridgehead atoms. The molecule has 1 aliphatic heterocycles. The maximum absolute atomic E-state index is 12.0. The third-order valence-corrected chi connectivity index (χ3v) is 4.92. The van der Waals surface area contributed by atoms with E-state index in [2.05, 4.69) is 20.8 Å². The van der Waals surface area contributed by atoms with Crippen molar-refractivity contribution in [3.8, 4) is 0 Å². The van der Waals surface area contributed by atoms with Crippen LogP contribution in [0.5, 0.6) is 0 Å². The molecule has 19 heavy (non-hydrogen) atoms. The lowest BCUT2D eigenvalue weighted by Gasteiger charge is -2.53. The molecular formula is C16H26O3. The summed E-state index contributed by atoms with van der Waals surface area (Å²) < 4.78 is 11.3. The Hall–Kier alpha value is -0.990. The number of rotatable bonds is 2. The van der Waals surface area contributed by atoms with Gasteiger partial charge in [-0.2, -0.15) is 0 Å². The maximum Gasteiger partial charge on any atom is 0.337 e. The van der Waals surface area contributed by atoms with E-state index in [0.717, 1.165) is 24.2 Å². The average Bonchev–Trinajstić information content (AvgIpc) is 2.26. The lowest BCUT2D eigenvalue weighted by atomic mass is 9.59. The molecule has 0 spiro atoms. The third-order valence-electron chi connectivity index (χ3n) is 4.92. The Bertz CT molecular complexity index is 408. The van der Waals surface area contributed by atoms with Crippen LogP contribution in [0.25, 0.3) is 0 Å². The summed E-state index contributed by atoms with van der Waals surface area (Å²) in [5, 5.41) is 0. The number of ether oxygens (including phenoxy) is 2. The van der Waals surface area contributed by atoms with Crippen LogP contribution in [0.1, 0.15) is 60.3 Å². The van der Waals surface area contributed by atoms with E-state index in [1.165, 1.54) is 12.8 Å². The van der Waals surface area contributed by atoms with Gasteiger partial charge in [-0.3, -0.25) is 0 Å². The van der Waals surface area contributed by atoms with Gasteiger partial charge in [0, 0.05) is 5.92 Å². The van der Waals surface area contributed by atoms with Crippen LogP contribution >= 0.6 is 0 Å². The zero-order valence-electron chi connectivity index (χ0n) is 12.8. The van der Waals surface area contributed by atoms with Gasteiger partial charge in [0.25, 0.3) is 0 Å². The number of hydrogen-bond acceptors (Lipinski definition) is 3. The predicted molar refractivity (Wildman–Crippen MR) is 74.6 cm³/mol. The second kappa shape index (κ2) is 4.84. The molecule has 0 aromatic rings. The fraction of sp³-hybridized carbons (Fsp3) is 0.812. The van der Waals surface area contributed by atoms with Gasteiger partial charge in [0.15, 0.2) is 0 Å². The van der Waals surface area contributed by atoms with E-state index in [1.807, 2.05) is 13.8 Å². The Balaban J connectivity index is 2.31. The molecule has 0 saturated heterocycles. The lowest BCUT2D eigenvalue weighted by Crippen LogP contribution is -2.51. The molecule has 1 heterocycles. The Kier molecular flexibility index (Phi) is 3.67. The first kappa shape index (κ1) is 14.4. The highest BCUT2D eigenvalue weighted by Gasteiger charge is 2.51. The zero-order chi connectivity index (χ0) is 14.3. The molecule has 3 nitrogen and oxygen atoms in total. The van der Waals surface area contributed by atoms with Crippen LogP contribution in [0.3, 0.4) is 0 Å². The minimum Gasteiger partial charge on any atom is -0.491 e. The number of carbonyl (C=O) groups excluding carboxylic acids is 1. The van der Waals surface area contributed by atoms with Crippen molar-refractivity contribution in [2.45, 2.75) is 65.9 Å². The van der Waals surface area contributed by atoms with Crippen LogP contribution in [0.4, 0.5) is 0 Å². The third kappa shape index (κ3) is 2.52. The molecule has 0 unspecified atom stereocenters. The van der Waals surface area contributed by atoms with E-state index >= 15 is 0 Å². The Morgan fingerprint density at radius 3 is 2.68 bits per heavy atom. The van der Waals surface area contributed by atoms with Crippen molar-refractivity contribution in [1.29, 1.82) is 0 Å². The number of esters is 1. The molecule has 2 aliphatic rings. The number of hydrogen-bond donors (Lipinski definition) is 0. The summed E-state index contributed by atoms with van der Waals surface area (Å²) >= 11 is 0. The van der Waals surface area contributed by atoms with Crippen molar-refractivity contribution in [3.63, 3.8) is 0 Å². The SMILES string of the molecule is CCOC(=O)C1=C(C)O[C@]2(C)CCCC(C)(C)[C@H]2C1. The van der Waals surface area contributed by atoms with Crippen molar-refractivity contribution in [1.82, 2.24) is 0 Å². The van der Waals surface area contributed by atoms with E-state index in [-0.39, 0.29) is 17.0 Å². The molecule has 3 heteroatoms. The second-order valence-electron chi connectivity index (χ2n) is 6.77. The van der Waals surface area contributed by atoms with E-state index in [1.54, 1.807) is 0 Å². The average molecular weight is 266 g/mol. The zero-order valence-corrected chi connectivity index (χ0v) is 12.8. The summed E-state index contributed by atoms with van der Waals surface area (Å²) in [6.45, 7) is 10.9. The van der Waals surface area contributed by atoms with Crippen LogP contribution < -0.4 is 0 Å². The highest BCUT2D eigenvalue weighted by Crippen LogP contribution is 2.53. The minimum absolute atomic E-state index is 0.123. The van der Waals surface area contributed by atoms with Crippen LogP contribution in [-0.4, -0.2) is 18.2 Å². The molecule has 0 aromatic heterocycles. The van der Waals surface area contributed by atoms with E-state index in [0.29, 0.717) is 12.5 Å². The van der Waals surface area contributed by atoms with Crippen molar-refractivity contribution < 1.29 is 14.3 Å². The molecule has 0 N–H and O–H groups in total. The van der Waals surface area contributed by atoms with Gasteiger partial charge in [0.1, 0.15) is 11.4 Å². The van der Waals surface area contributed by atoms with Gasteiger partial charge in [-0.15, -0.1) is 0 Å². The van der Waals surface area contributed by atoms with Crippen LogP contribution in [0.15, 0.2) is 11.3 Å². The summed E-state index contributed by atoms with van der Waals surface area (Å²) in [5.41, 5.74) is 0.826. The number of carbonyl (C=O) groups is 1.